The van der Waals surface area contributed by atoms with Crippen LogP contribution in [-0.4, -0.2) is 28.1 Å². The van der Waals surface area contributed by atoms with Crippen LogP contribution in [0.1, 0.15) is 16.6 Å². The molecule has 0 aliphatic rings. The number of aromatic nitrogens is 2. The number of carbonyl (C=O) groups is 1. The van der Waals surface area contributed by atoms with E-state index in [2.05, 4.69) is 9.97 Å². The Morgan fingerprint density at radius 2 is 2.27 bits per heavy atom. The molecule has 0 saturated carbocycles. The fourth-order valence-corrected chi connectivity index (χ4v) is 3.46. The molecule has 7 heteroatoms. The van der Waals surface area contributed by atoms with Crippen molar-refractivity contribution < 1.29 is 9.53 Å². The Balaban J connectivity index is 0.00000176. The summed E-state index contributed by atoms with van der Waals surface area (Å²) in [6.45, 7) is 2.59. The van der Waals surface area contributed by atoms with Gasteiger partial charge in [-0.15, -0.1) is 28.3 Å². The molecule has 0 bridgehead atoms. The van der Waals surface area contributed by atoms with Gasteiger partial charge in [-0.05, 0) is 30.5 Å². The number of H-pyrrole nitrogens is 1. The Morgan fingerprint density at radius 1 is 1.41 bits per heavy atom. The second kappa shape index (κ2) is 7.80. The first-order chi connectivity index (χ1) is 10.3. The van der Waals surface area contributed by atoms with Gasteiger partial charge in [-0.1, -0.05) is 17.8 Å². The van der Waals surface area contributed by atoms with E-state index in [0.717, 1.165) is 26.8 Å². The van der Waals surface area contributed by atoms with E-state index in [0.29, 0.717) is 12.4 Å². The number of fused-ring (bicyclic) bond motifs is 1. The van der Waals surface area contributed by atoms with Gasteiger partial charge in [0.05, 0.1) is 28.3 Å². The van der Waals surface area contributed by atoms with Crippen LogP contribution in [0.2, 0.25) is 0 Å². The van der Waals surface area contributed by atoms with Crippen LogP contribution >= 0.6 is 40.1 Å². The molecule has 116 valence electrons. The molecule has 0 atom stereocenters. The van der Waals surface area contributed by atoms with Gasteiger partial charge >= 0.3 is 0 Å². The number of rotatable bonds is 6. The predicted octanol–water partition coefficient (Wildman–Crippen LogP) is 4.58. The van der Waals surface area contributed by atoms with Crippen LogP contribution < -0.4 is 4.74 Å². The van der Waals surface area contributed by atoms with E-state index >= 15 is 0 Å². The number of ketones is 1. The smallest absolute Gasteiger partial charge is 0.183 e. The minimum absolute atomic E-state index is 0. The molecule has 3 aromatic rings. The number of ether oxygens (including phenoxy) is 1. The van der Waals surface area contributed by atoms with Crippen molar-refractivity contribution in [3.63, 3.8) is 0 Å². The topological polar surface area (TPSA) is 55.0 Å². The normalized spacial score (nSPS) is 10.4. The van der Waals surface area contributed by atoms with Crippen LogP contribution in [-0.2, 0) is 0 Å². The third kappa shape index (κ3) is 3.91. The van der Waals surface area contributed by atoms with E-state index in [4.69, 9.17) is 4.74 Å². The second-order valence-electron chi connectivity index (χ2n) is 4.34. The minimum Gasteiger partial charge on any atom is -0.494 e. The average molecular weight is 399 g/mol. The summed E-state index contributed by atoms with van der Waals surface area (Å²) in [5.41, 5.74) is 1.80. The van der Waals surface area contributed by atoms with Gasteiger partial charge in [-0.2, -0.15) is 0 Å². The van der Waals surface area contributed by atoms with E-state index in [-0.39, 0.29) is 22.8 Å². The van der Waals surface area contributed by atoms with E-state index in [9.17, 15) is 4.79 Å². The number of imidazole rings is 1. The first kappa shape index (κ1) is 17.1. The van der Waals surface area contributed by atoms with Gasteiger partial charge in [-0.25, -0.2) is 4.98 Å². The summed E-state index contributed by atoms with van der Waals surface area (Å²) >= 11 is 2.89. The Hall–Kier alpha value is -1.31. The summed E-state index contributed by atoms with van der Waals surface area (Å²) in [5.74, 6) is 1.34. The third-order valence-electron chi connectivity index (χ3n) is 2.88. The first-order valence-corrected chi connectivity index (χ1v) is 8.45. The lowest BCUT2D eigenvalue weighted by Gasteiger charge is -2.00. The highest BCUT2D eigenvalue weighted by atomic mass is 79.9. The van der Waals surface area contributed by atoms with Gasteiger partial charge in [0.15, 0.2) is 10.9 Å². The Bertz CT molecular complexity index is 756. The van der Waals surface area contributed by atoms with Crippen LogP contribution in [0.5, 0.6) is 5.75 Å². The zero-order chi connectivity index (χ0) is 14.7. The Morgan fingerprint density at radius 3 is 3.00 bits per heavy atom. The highest BCUT2D eigenvalue weighted by Crippen LogP contribution is 2.24. The van der Waals surface area contributed by atoms with Crippen molar-refractivity contribution in [1.82, 2.24) is 9.97 Å². The summed E-state index contributed by atoms with van der Waals surface area (Å²) in [7, 11) is 0. The van der Waals surface area contributed by atoms with Crippen molar-refractivity contribution in [2.45, 2.75) is 12.1 Å². The van der Waals surface area contributed by atoms with Gasteiger partial charge in [-0.3, -0.25) is 4.79 Å². The van der Waals surface area contributed by atoms with Gasteiger partial charge in [0.2, 0.25) is 0 Å². The van der Waals surface area contributed by atoms with E-state index in [1.807, 2.05) is 42.6 Å². The molecule has 0 aliphatic heterocycles. The van der Waals surface area contributed by atoms with Crippen LogP contribution in [0.25, 0.3) is 11.0 Å². The van der Waals surface area contributed by atoms with Gasteiger partial charge in [0.1, 0.15) is 5.75 Å². The molecule has 0 aliphatic carbocycles. The van der Waals surface area contributed by atoms with E-state index < -0.39 is 0 Å². The van der Waals surface area contributed by atoms with Gasteiger partial charge in [0.25, 0.3) is 0 Å². The molecule has 0 fully saturated rings. The first-order valence-electron chi connectivity index (χ1n) is 6.58. The predicted molar refractivity (Wildman–Crippen MR) is 97.0 cm³/mol. The van der Waals surface area contributed by atoms with Crippen molar-refractivity contribution >= 4 is 56.9 Å². The molecule has 22 heavy (non-hydrogen) atoms. The Kier molecular flexibility index (Phi) is 6.05. The highest BCUT2D eigenvalue weighted by Gasteiger charge is 2.10. The molecule has 1 aromatic carbocycles. The summed E-state index contributed by atoms with van der Waals surface area (Å²) in [5, 5.41) is 2.66. The zero-order valence-corrected chi connectivity index (χ0v) is 15.2. The van der Waals surface area contributed by atoms with Gasteiger partial charge in [0, 0.05) is 6.07 Å². The summed E-state index contributed by atoms with van der Waals surface area (Å²) in [4.78, 5) is 20.4. The van der Waals surface area contributed by atoms with Crippen molar-refractivity contribution in [3.05, 3.63) is 40.6 Å². The number of thiophene rings is 1. The standard InChI is InChI=1S/C15H14N2O2S2.BrH/c1-2-19-10-5-6-11-12(8-10)17-15(16-11)21-9-13(18)14-4-3-7-20-14;/h3-8H,2,9H2,1H3,(H,16,17);1H. The molecule has 2 heterocycles. The number of thioether (sulfide) groups is 1. The number of hydrogen-bond donors (Lipinski definition) is 1. The van der Waals surface area contributed by atoms with Crippen molar-refractivity contribution in [1.29, 1.82) is 0 Å². The van der Waals surface area contributed by atoms with Crippen LogP contribution in [0.3, 0.4) is 0 Å². The second-order valence-corrected chi connectivity index (χ2v) is 6.25. The summed E-state index contributed by atoms with van der Waals surface area (Å²) in [6, 6.07) is 9.48. The lowest BCUT2D eigenvalue weighted by Crippen LogP contribution is -1.99. The SMILES string of the molecule is Br.CCOc1ccc2nc(SCC(=O)c3cccs3)[nH]c2c1. The molecule has 3 rings (SSSR count). The fraction of sp³-hybridized carbons (Fsp3) is 0.200. The number of carbonyl (C=O) groups excluding carboxylic acids is 1. The number of aromatic amines is 1. The minimum atomic E-state index is 0. The molecule has 0 unspecified atom stereocenters. The van der Waals surface area contributed by atoms with E-state index in [1.54, 1.807) is 0 Å². The lowest BCUT2D eigenvalue weighted by atomic mass is 10.3. The number of halogens is 1. The number of Topliss-reactive ketones (excluding diaryl/α,β-unsaturated/α-hetero) is 1. The largest absolute Gasteiger partial charge is 0.494 e. The summed E-state index contributed by atoms with van der Waals surface area (Å²) < 4.78 is 5.46. The monoisotopic (exact) mass is 398 g/mol. The molecule has 0 amide bonds. The quantitative estimate of drug-likeness (QED) is 0.487. The molecule has 4 nitrogen and oxygen atoms in total. The third-order valence-corrected chi connectivity index (χ3v) is 4.66. The average Bonchev–Trinajstić information content (AvgIpc) is 3.13. The van der Waals surface area contributed by atoms with Crippen molar-refractivity contribution in [2.75, 3.05) is 12.4 Å². The molecular formula is C15H15BrN2O2S2. The zero-order valence-electron chi connectivity index (χ0n) is 11.9. The summed E-state index contributed by atoms with van der Waals surface area (Å²) in [6.07, 6.45) is 0. The van der Waals surface area contributed by atoms with Crippen LogP contribution in [0.4, 0.5) is 0 Å². The molecule has 0 radical (unpaired) electrons. The maximum absolute atomic E-state index is 12.0. The van der Waals surface area contributed by atoms with E-state index in [1.165, 1.54) is 23.1 Å². The number of nitrogens with one attached hydrogen (secondary N) is 1. The Labute approximate surface area is 147 Å². The number of hydrogen-bond acceptors (Lipinski definition) is 5. The maximum atomic E-state index is 12.0. The van der Waals surface area contributed by atoms with Gasteiger partial charge < -0.3 is 9.72 Å². The molecular weight excluding hydrogens is 384 g/mol. The fourth-order valence-electron chi connectivity index (χ4n) is 1.93. The van der Waals surface area contributed by atoms with Crippen molar-refractivity contribution in [3.8, 4) is 5.75 Å². The molecule has 2 aromatic heterocycles. The number of nitrogens with zero attached hydrogens (tertiary/aromatic N) is 1. The molecule has 0 spiro atoms. The lowest BCUT2D eigenvalue weighted by molar-refractivity contribution is 0.102. The maximum Gasteiger partial charge on any atom is 0.183 e. The van der Waals surface area contributed by atoms with Crippen LogP contribution in [0.15, 0.2) is 40.9 Å². The van der Waals surface area contributed by atoms with Crippen LogP contribution in [0, 0.1) is 0 Å². The highest BCUT2D eigenvalue weighted by molar-refractivity contribution is 8.93. The molecule has 1 N–H and O–H groups in total. The van der Waals surface area contributed by atoms with Crippen molar-refractivity contribution in [2.24, 2.45) is 0 Å². The molecule has 0 saturated heterocycles. The number of benzene rings is 1.